The number of aromatic nitrogens is 1. The Labute approximate surface area is 99.4 Å². The summed E-state index contributed by atoms with van der Waals surface area (Å²) in [4.78, 5) is 4.09. The van der Waals surface area contributed by atoms with Crippen LogP contribution in [0, 0.1) is 0 Å². The van der Waals surface area contributed by atoms with E-state index in [9.17, 15) is 8.42 Å². The van der Waals surface area contributed by atoms with Gasteiger partial charge < -0.3 is 0 Å². The fraction of sp³-hybridized carbons (Fsp3) is 0.500. The van der Waals surface area contributed by atoms with Gasteiger partial charge in [-0.3, -0.25) is 4.98 Å². The van der Waals surface area contributed by atoms with Gasteiger partial charge in [0.2, 0.25) is 10.0 Å². The quantitative estimate of drug-likeness (QED) is 0.788. The Morgan fingerprint density at radius 1 is 1.24 bits per heavy atom. The van der Waals surface area contributed by atoms with Crippen LogP contribution in [0.4, 0.5) is 0 Å². The standard InChI is InChI=1S/C10H12N4O2S/c15-17(16,9-2-1-5-11-8-9)14-6-3-10(4-7-14)12-13-10/h1-2,5,8H,3-4,6-7H2. The second kappa shape index (κ2) is 3.58. The maximum atomic E-state index is 12.2. The number of pyridine rings is 1. The van der Waals surface area contributed by atoms with Crippen molar-refractivity contribution in [3.63, 3.8) is 0 Å². The molecule has 6 nitrogen and oxygen atoms in total. The Balaban J connectivity index is 1.80. The van der Waals surface area contributed by atoms with Crippen molar-refractivity contribution in [2.24, 2.45) is 10.2 Å². The van der Waals surface area contributed by atoms with E-state index in [0.29, 0.717) is 25.9 Å². The number of piperidine rings is 1. The molecule has 0 radical (unpaired) electrons. The van der Waals surface area contributed by atoms with Crippen molar-refractivity contribution in [3.8, 4) is 0 Å². The van der Waals surface area contributed by atoms with Crippen molar-refractivity contribution in [1.82, 2.24) is 9.29 Å². The Bertz CT molecular complexity index is 539. The van der Waals surface area contributed by atoms with E-state index in [1.54, 1.807) is 18.3 Å². The van der Waals surface area contributed by atoms with Gasteiger partial charge in [-0.2, -0.15) is 14.5 Å². The van der Waals surface area contributed by atoms with Crippen LogP contribution >= 0.6 is 0 Å². The molecule has 0 unspecified atom stereocenters. The van der Waals surface area contributed by atoms with Gasteiger partial charge in [0.1, 0.15) is 4.90 Å². The SMILES string of the molecule is O=S(=O)(c1cccnc1)N1CCC2(CC1)N=N2. The lowest BCUT2D eigenvalue weighted by Crippen LogP contribution is -2.41. The fourth-order valence-electron chi connectivity index (χ4n) is 2.00. The summed E-state index contributed by atoms with van der Waals surface area (Å²) in [5.74, 6) is 0. The summed E-state index contributed by atoms with van der Waals surface area (Å²) >= 11 is 0. The van der Waals surface area contributed by atoms with E-state index in [1.807, 2.05) is 0 Å². The van der Waals surface area contributed by atoms with E-state index in [2.05, 4.69) is 15.2 Å². The molecule has 7 heteroatoms. The maximum Gasteiger partial charge on any atom is 0.244 e. The third-order valence-corrected chi connectivity index (χ3v) is 5.06. The van der Waals surface area contributed by atoms with Crippen LogP contribution in [-0.2, 0) is 10.0 Å². The number of sulfonamides is 1. The molecule has 3 heterocycles. The van der Waals surface area contributed by atoms with Crippen molar-refractivity contribution in [1.29, 1.82) is 0 Å². The van der Waals surface area contributed by atoms with Gasteiger partial charge in [0.05, 0.1) is 0 Å². The van der Waals surface area contributed by atoms with Gasteiger partial charge in [-0.05, 0) is 12.1 Å². The summed E-state index contributed by atoms with van der Waals surface area (Å²) in [6.07, 6.45) is 4.32. The lowest BCUT2D eigenvalue weighted by molar-refractivity contribution is 0.295. The molecule has 0 bridgehead atoms. The second-order valence-electron chi connectivity index (χ2n) is 4.28. The fourth-order valence-corrected chi connectivity index (χ4v) is 3.41. The van der Waals surface area contributed by atoms with Crippen LogP contribution in [0.1, 0.15) is 12.8 Å². The van der Waals surface area contributed by atoms with E-state index in [-0.39, 0.29) is 10.6 Å². The molecule has 1 spiro atoms. The predicted molar refractivity (Wildman–Crippen MR) is 59.8 cm³/mol. The molecular weight excluding hydrogens is 240 g/mol. The van der Waals surface area contributed by atoms with Crippen LogP contribution in [-0.4, -0.2) is 36.5 Å². The number of rotatable bonds is 2. The highest BCUT2D eigenvalue weighted by atomic mass is 32.2. The maximum absolute atomic E-state index is 12.2. The minimum atomic E-state index is -3.40. The minimum Gasteiger partial charge on any atom is -0.263 e. The van der Waals surface area contributed by atoms with Crippen molar-refractivity contribution in [3.05, 3.63) is 24.5 Å². The summed E-state index contributed by atoms with van der Waals surface area (Å²) in [7, 11) is -3.40. The van der Waals surface area contributed by atoms with Crippen LogP contribution in [0.3, 0.4) is 0 Å². The first-order valence-electron chi connectivity index (χ1n) is 5.47. The topological polar surface area (TPSA) is 75.0 Å². The highest BCUT2D eigenvalue weighted by molar-refractivity contribution is 7.89. The summed E-state index contributed by atoms with van der Waals surface area (Å²) in [5, 5.41) is 7.95. The number of hydrogen-bond donors (Lipinski definition) is 0. The summed E-state index contributed by atoms with van der Waals surface area (Å²) < 4.78 is 26.0. The smallest absolute Gasteiger partial charge is 0.244 e. The molecule has 0 N–H and O–H groups in total. The largest absolute Gasteiger partial charge is 0.263 e. The molecule has 0 amide bonds. The van der Waals surface area contributed by atoms with Gasteiger partial charge in [-0.1, -0.05) is 0 Å². The van der Waals surface area contributed by atoms with Gasteiger partial charge in [0.15, 0.2) is 5.66 Å². The molecule has 2 aliphatic heterocycles. The zero-order chi connectivity index (χ0) is 11.9. The molecular formula is C10H12N4O2S. The van der Waals surface area contributed by atoms with Crippen LogP contribution in [0.5, 0.6) is 0 Å². The van der Waals surface area contributed by atoms with Crippen molar-refractivity contribution in [2.75, 3.05) is 13.1 Å². The molecule has 0 atom stereocenters. The van der Waals surface area contributed by atoms with E-state index in [0.717, 1.165) is 0 Å². The molecule has 17 heavy (non-hydrogen) atoms. The molecule has 1 aromatic heterocycles. The average Bonchev–Trinajstić information content (AvgIpc) is 3.10. The van der Waals surface area contributed by atoms with E-state index in [4.69, 9.17) is 0 Å². The Morgan fingerprint density at radius 2 is 1.94 bits per heavy atom. The number of hydrogen-bond acceptors (Lipinski definition) is 5. The van der Waals surface area contributed by atoms with Gasteiger partial charge in [0.25, 0.3) is 0 Å². The summed E-state index contributed by atoms with van der Waals surface area (Å²) in [6.45, 7) is 0.953. The third-order valence-electron chi connectivity index (χ3n) is 3.18. The van der Waals surface area contributed by atoms with E-state index < -0.39 is 10.0 Å². The third kappa shape index (κ3) is 1.85. The first-order chi connectivity index (χ1) is 8.12. The molecule has 0 saturated carbocycles. The lowest BCUT2D eigenvalue weighted by Gasteiger charge is -2.28. The molecule has 0 aromatic carbocycles. The lowest BCUT2D eigenvalue weighted by atomic mass is 10.0. The van der Waals surface area contributed by atoms with Gasteiger partial charge in [0, 0.05) is 38.3 Å². The van der Waals surface area contributed by atoms with E-state index in [1.165, 1.54) is 10.5 Å². The van der Waals surface area contributed by atoms with Crippen molar-refractivity contribution >= 4 is 10.0 Å². The van der Waals surface area contributed by atoms with Crippen LogP contribution in [0.25, 0.3) is 0 Å². The molecule has 0 aliphatic carbocycles. The minimum absolute atomic E-state index is 0.249. The van der Waals surface area contributed by atoms with Gasteiger partial charge in [-0.25, -0.2) is 8.42 Å². The molecule has 2 aliphatic rings. The van der Waals surface area contributed by atoms with Crippen LogP contribution in [0.15, 0.2) is 39.7 Å². The average molecular weight is 252 g/mol. The zero-order valence-electron chi connectivity index (χ0n) is 9.15. The monoisotopic (exact) mass is 252 g/mol. The van der Waals surface area contributed by atoms with Gasteiger partial charge in [-0.15, -0.1) is 0 Å². The Hall–Kier alpha value is -1.34. The summed E-state index contributed by atoms with van der Waals surface area (Å²) in [5.41, 5.74) is -0.249. The Kier molecular flexibility index (Phi) is 2.27. The first-order valence-corrected chi connectivity index (χ1v) is 6.91. The number of nitrogens with zero attached hydrogens (tertiary/aromatic N) is 4. The predicted octanol–water partition coefficient (Wildman–Crippen LogP) is 1.03. The highest BCUT2D eigenvalue weighted by Crippen LogP contribution is 2.39. The Morgan fingerprint density at radius 3 is 2.47 bits per heavy atom. The molecule has 1 saturated heterocycles. The van der Waals surface area contributed by atoms with Crippen molar-refractivity contribution in [2.45, 2.75) is 23.4 Å². The zero-order valence-corrected chi connectivity index (χ0v) is 9.97. The van der Waals surface area contributed by atoms with Gasteiger partial charge >= 0.3 is 0 Å². The van der Waals surface area contributed by atoms with Crippen molar-refractivity contribution < 1.29 is 8.42 Å². The summed E-state index contributed by atoms with van der Waals surface area (Å²) in [6, 6.07) is 3.20. The highest BCUT2D eigenvalue weighted by Gasteiger charge is 2.45. The second-order valence-corrected chi connectivity index (χ2v) is 6.21. The van der Waals surface area contributed by atoms with Crippen LogP contribution < -0.4 is 0 Å². The molecule has 3 rings (SSSR count). The normalized spacial score (nSPS) is 22.8. The molecule has 1 fully saturated rings. The molecule has 1 aromatic rings. The first kappa shape index (κ1) is 10.8. The van der Waals surface area contributed by atoms with Crippen LogP contribution in [0.2, 0.25) is 0 Å². The van der Waals surface area contributed by atoms with E-state index >= 15 is 0 Å². The molecule has 90 valence electrons.